The molecule has 1 aromatic rings. The van der Waals surface area contributed by atoms with Crippen molar-refractivity contribution < 1.29 is 0 Å². The first kappa shape index (κ1) is 11.0. The number of benzene rings is 1. The SMILES string of the molecule is C1=CC=CC([C@@H]2C=C(c3ccccc3)CN2)=CC=1. The van der Waals surface area contributed by atoms with E-state index in [1.54, 1.807) is 0 Å². The molecule has 0 radical (unpaired) electrons. The van der Waals surface area contributed by atoms with Crippen molar-refractivity contribution in [1.82, 2.24) is 5.32 Å². The van der Waals surface area contributed by atoms with E-state index in [1.807, 2.05) is 18.2 Å². The van der Waals surface area contributed by atoms with E-state index in [-0.39, 0.29) is 0 Å². The van der Waals surface area contributed by atoms with Crippen LogP contribution in [-0.4, -0.2) is 12.6 Å². The molecular weight excluding hydrogens is 218 g/mol. The van der Waals surface area contributed by atoms with Crippen LogP contribution >= 0.6 is 0 Å². The van der Waals surface area contributed by atoms with Gasteiger partial charge in [0.05, 0.1) is 6.04 Å². The Labute approximate surface area is 108 Å². The smallest absolute Gasteiger partial charge is 0.0515 e. The number of nitrogens with one attached hydrogen (secondary N) is 1. The van der Waals surface area contributed by atoms with E-state index in [2.05, 4.69) is 59.6 Å². The Balaban J connectivity index is 1.84. The molecule has 1 aliphatic carbocycles. The van der Waals surface area contributed by atoms with Crippen molar-refractivity contribution in [2.24, 2.45) is 0 Å². The van der Waals surface area contributed by atoms with Gasteiger partial charge in [-0.05, 0) is 34.9 Å². The quantitative estimate of drug-likeness (QED) is 0.773. The molecule has 18 heavy (non-hydrogen) atoms. The third kappa shape index (κ3) is 2.28. The van der Waals surface area contributed by atoms with Crippen LogP contribution in [-0.2, 0) is 0 Å². The van der Waals surface area contributed by atoms with E-state index < -0.39 is 0 Å². The number of hydrogen-bond acceptors (Lipinski definition) is 1. The minimum Gasteiger partial charge on any atom is -0.303 e. The lowest BCUT2D eigenvalue weighted by Gasteiger charge is -2.08. The van der Waals surface area contributed by atoms with Crippen molar-refractivity contribution in [2.45, 2.75) is 6.04 Å². The second-order valence-electron chi connectivity index (χ2n) is 4.44. The number of hydrogen-bond donors (Lipinski definition) is 1. The van der Waals surface area contributed by atoms with Crippen LogP contribution in [0.1, 0.15) is 5.56 Å². The summed E-state index contributed by atoms with van der Waals surface area (Å²) in [6, 6.07) is 10.9. The van der Waals surface area contributed by atoms with Crippen LogP contribution < -0.4 is 5.32 Å². The lowest BCUT2D eigenvalue weighted by atomic mass is 10.0. The molecule has 0 unspecified atom stereocenters. The van der Waals surface area contributed by atoms with E-state index in [0.717, 1.165) is 6.54 Å². The Bertz CT molecular complexity index is 581. The first-order valence-corrected chi connectivity index (χ1v) is 6.22. The second-order valence-corrected chi connectivity index (χ2v) is 4.44. The summed E-state index contributed by atoms with van der Waals surface area (Å²) in [5.41, 5.74) is 7.04. The summed E-state index contributed by atoms with van der Waals surface area (Å²) in [6.07, 6.45) is 12.5. The highest BCUT2D eigenvalue weighted by atomic mass is 14.9. The topological polar surface area (TPSA) is 12.0 Å². The summed E-state index contributed by atoms with van der Waals surface area (Å²) in [6.45, 7) is 0.928. The summed E-state index contributed by atoms with van der Waals surface area (Å²) in [5, 5.41) is 3.53. The van der Waals surface area contributed by atoms with Crippen molar-refractivity contribution in [3.05, 3.63) is 83.7 Å². The van der Waals surface area contributed by atoms with Crippen LogP contribution in [0, 0.1) is 0 Å². The molecule has 3 rings (SSSR count). The predicted octanol–water partition coefficient (Wildman–Crippen LogP) is 3.25. The number of rotatable bonds is 2. The molecular formula is C17H15N. The largest absolute Gasteiger partial charge is 0.303 e. The monoisotopic (exact) mass is 233 g/mol. The van der Waals surface area contributed by atoms with E-state index in [4.69, 9.17) is 0 Å². The van der Waals surface area contributed by atoms with E-state index in [1.165, 1.54) is 16.7 Å². The Morgan fingerprint density at radius 1 is 1.11 bits per heavy atom. The molecule has 1 atom stereocenters. The summed E-state index contributed by atoms with van der Waals surface area (Å²) in [5.74, 6) is 0. The predicted molar refractivity (Wildman–Crippen MR) is 76.1 cm³/mol. The molecule has 0 bridgehead atoms. The van der Waals surface area contributed by atoms with Gasteiger partial charge < -0.3 is 5.32 Å². The lowest BCUT2D eigenvalue weighted by molar-refractivity contribution is 0.762. The highest BCUT2D eigenvalue weighted by Crippen LogP contribution is 2.22. The van der Waals surface area contributed by atoms with Crippen molar-refractivity contribution in [3.8, 4) is 0 Å². The van der Waals surface area contributed by atoms with Gasteiger partial charge in [0, 0.05) is 6.54 Å². The maximum atomic E-state index is 3.53. The molecule has 1 aromatic carbocycles. The zero-order valence-electron chi connectivity index (χ0n) is 10.1. The molecule has 0 fully saturated rings. The van der Waals surface area contributed by atoms with Gasteiger partial charge in [0.2, 0.25) is 0 Å². The summed E-state index contributed by atoms with van der Waals surface area (Å²) in [4.78, 5) is 0. The fraction of sp³-hybridized carbons (Fsp3) is 0.118. The van der Waals surface area contributed by atoms with E-state index in [0.29, 0.717) is 6.04 Å². The van der Waals surface area contributed by atoms with Crippen LogP contribution in [0.2, 0.25) is 0 Å². The molecule has 0 amide bonds. The fourth-order valence-corrected chi connectivity index (χ4v) is 2.28. The van der Waals surface area contributed by atoms with Crippen LogP contribution in [0.3, 0.4) is 0 Å². The Morgan fingerprint density at radius 2 is 2.00 bits per heavy atom. The Hall–Kier alpha value is -2.08. The maximum Gasteiger partial charge on any atom is 0.0515 e. The first-order chi connectivity index (χ1) is 8.93. The van der Waals surface area contributed by atoms with Crippen molar-refractivity contribution in [3.63, 3.8) is 0 Å². The highest BCUT2D eigenvalue weighted by Gasteiger charge is 2.17. The third-order valence-corrected chi connectivity index (χ3v) is 3.24. The minimum absolute atomic E-state index is 0.306. The summed E-state index contributed by atoms with van der Waals surface area (Å²) in [7, 11) is 0. The molecule has 0 saturated carbocycles. The van der Waals surface area contributed by atoms with Gasteiger partial charge in [0.1, 0.15) is 0 Å². The molecule has 1 nitrogen and oxygen atoms in total. The van der Waals surface area contributed by atoms with Gasteiger partial charge in [0.25, 0.3) is 0 Å². The molecule has 0 spiro atoms. The summed E-state index contributed by atoms with van der Waals surface area (Å²) < 4.78 is 0. The molecule has 88 valence electrons. The van der Waals surface area contributed by atoms with Gasteiger partial charge in [-0.2, -0.15) is 0 Å². The Morgan fingerprint density at radius 3 is 2.89 bits per heavy atom. The van der Waals surface area contributed by atoms with Crippen LogP contribution in [0.5, 0.6) is 0 Å². The standard InChI is InChI=1S/C17H15N/c1-2-5-11-15(10-4-1)17-12-16(13-18-17)14-8-6-3-7-9-14/h1,3-12,17-18H,13H2/t17-/m0/s1. The summed E-state index contributed by atoms with van der Waals surface area (Å²) >= 11 is 0. The van der Waals surface area contributed by atoms with Gasteiger partial charge >= 0.3 is 0 Å². The lowest BCUT2D eigenvalue weighted by Crippen LogP contribution is -2.23. The van der Waals surface area contributed by atoms with Crippen LogP contribution in [0.15, 0.2) is 78.1 Å². The third-order valence-electron chi connectivity index (χ3n) is 3.24. The van der Waals surface area contributed by atoms with Crippen LogP contribution in [0.25, 0.3) is 5.57 Å². The zero-order valence-corrected chi connectivity index (χ0v) is 10.1. The average Bonchev–Trinajstić information content (AvgIpc) is 2.76. The number of allylic oxidation sites excluding steroid dienone is 3. The van der Waals surface area contributed by atoms with Gasteiger partial charge in [-0.25, -0.2) is 0 Å². The van der Waals surface area contributed by atoms with Gasteiger partial charge in [-0.1, -0.05) is 48.6 Å². The molecule has 1 heteroatoms. The van der Waals surface area contributed by atoms with Crippen molar-refractivity contribution in [1.29, 1.82) is 0 Å². The molecule has 2 aliphatic rings. The first-order valence-electron chi connectivity index (χ1n) is 6.22. The molecule has 0 aromatic heterocycles. The average molecular weight is 233 g/mol. The molecule has 0 saturated heterocycles. The minimum atomic E-state index is 0.306. The Kier molecular flexibility index (Phi) is 3.10. The van der Waals surface area contributed by atoms with E-state index in [9.17, 15) is 0 Å². The fourth-order valence-electron chi connectivity index (χ4n) is 2.28. The molecule has 1 heterocycles. The van der Waals surface area contributed by atoms with Gasteiger partial charge in [0.15, 0.2) is 0 Å². The highest BCUT2D eigenvalue weighted by molar-refractivity contribution is 5.70. The zero-order chi connectivity index (χ0) is 12.2. The molecule has 1 N–H and O–H groups in total. The van der Waals surface area contributed by atoms with Gasteiger partial charge in [-0.15, -0.1) is 5.73 Å². The van der Waals surface area contributed by atoms with Gasteiger partial charge in [-0.3, -0.25) is 0 Å². The molecule has 1 aliphatic heterocycles. The van der Waals surface area contributed by atoms with Crippen LogP contribution in [0.4, 0.5) is 0 Å². The van der Waals surface area contributed by atoms with E-state index >= 15 is 0 Å². The second kappa shape index (κ2) is 5.05. The van der Waals surface area contributed by atoms with Crippen molar-refractivity contribution >= 4 is 5.57 Å². The normalized spacial score (nSPS) is 21.7. The van der Waals surface area contributed by atoms with Crippen molar-refractivity contribution in [2.75, 3.05) is 6.54 Å². The maximum absolute atomic E-state index is 3.53.